The fourth-order valence-corrected chi connectivity index (χ4v) is 3.16. The summed E-state index contributed by atoms with van der Waals surface area (Å²) in [7, 11) is 1.53. The van der Waals surface area contributed by atoms with Gasteiger partial charge in [0.15, 0.2) is 0 Å². The predicted molar refractivity (Wildman–Crippen MR) is 87.1 cm³/mol. The first-order valence-corrected chi connectivity index (χ1v) is 8.33. The van der Waals surface area contributed by atoms with Gasteiger partial charge in [-0.1, -0.05) is 6.92 Å². The monoisotopic (exact) mass is 391 g/mol. The van der Waals surface area contributed by atoms with E-state index in [4.69, 9.17) is 0 Å². The second kappa shape index (κ2) is 7.41. The van der Waals surface area contributed by atoms with E-state index in [0.717, 1.165) is 17.2 Å². The van der Waals surface area contributed by atoms with Gasteiger partial charge in [-0.2, -0.15) is 13.2 Å². The standard InChI is InChI=1S/C17H21F4N3O3/c1-10-9-24(15(26)16(2,27)17(19,20)21)7-6-13(10)23(3)14(25)12-5-4-11(18)8-22-12/h4-5,8,10,13,27H,6-7,9H2,1-3H3/t10-,13+,16?/m1/s1. The van der Waals surface area contributed by atoms with E-state index in [-0.39, 0.29) is 37.2 Å². The van der Waals surface area contributed by atoms with Crippen LogP contribution >= 0.6 is 0 Å². The third-order valence-electron chi connectivity index (χ3n) is 4.88. The third-order valence-corrected chi connectivity index (χ3v) is 4.88. The number of piperidine rings is 1. The number of aliphatic hydroxyl groups is 1. The molecule has 10 heteroatoms. The number of likely N-dealkylation sites (tertiary alicyclic amines) is 1. The first-order chi connectivity index (χ1) is 12.4. The lowest BCUT2D eigenvalue weighted by Gasteiger charge is -2.43. The minimum absolute atomic E-state index is 0.0332. The van der Waals surface area contributed by atoms with Crippen molar-refractivity contribution in [3.8, 4) is 0 Å². The van der Waals surface area contributed by atoms with Gasteiger partial charge < -0.3 is 14.9 Å². The number of nitrogens with zero attached hydrogens (tertiary/aromatic N) is 3. The molecule has 0 saturated carbocycles. The van der Waals surface area contributed by atoms with Gasteiger partial charge in [0.2, 0.25) is 5.60 Å². The van der Waals surface area contributed by atoms with Crippen molar-refractivity contribution in [2.75, 3.05) is 20.1 Å². The van der Waals surface area contributed by atoms with E-state index >= 15 is 0 Å². The molecule has 1 aromatic rings. The number of alkyl halides is 3. The molecule has 2 rings (SSSR count). The summed E-state index contributed by atoms with van der Waals surface area (Å²) in [5.74, 6) is -2.77. The zero-order valence-corrected chi connectivity index (χ0v) is 15.1. The summed E-state index contributed by atoms with van der Waals surface area (Å²) in [5.41, 5.74) is -3.41. The minimum Gasteiger partial charge on any atom is -0.373 e. The molecule has 1 saturated heterocycles. The van der Waals surface area contributed by atoms with Gasteiger partial charge in [-0.3, -0.25) is 9.59 Å². The maximum atomic E-state index is 12.9. The van der Waals surface area contributed by atoms with Crippen molar-refractivity contribution in [1.29, 1.82) is 0 Å². The smallest absolute Gasteiger partial charge is 0.373 e. The van der Waals surface area contributed by atoms with Crippen LogP contribution in [0, 0.1) is 11.7 Å². The second-order valence-corrected chi connectivity index (χ2v) is 6.93. The zero-order valence-electron chi connectivity index (χ0n) is 15.1. The van der Waals surface area contributed by atoms with E-state index in [1.54, 1.807) is 6.92 Å². The Kier molecular flexibility index (Phi) is 5.79. The Morgan fingerprint density at radius 2 is 1.96 bits per heavy atom. The van der Waals surface area contributed by atoms with Gasteiger partial charge in [0.1, 0.15) is 11.5 Å². The minimum atomic E-state index is -5.08. The molecule has 0 aliphatic carbocycles. The molecule has 1 fully saturated rings. The maximum absolute atomic E-state index is 12.9. The molecular formula is C17H21F4N3O3. The summed E-state index contributed by atoms with van der Waals surface area (Å²) in [4.78, 5) is 30.7. The average molecular weight is 391 g/mol. The van der Waals surface area contributed by atoms with Crippen LogP contribution in [0.3, 0.4) is 0 Å². The number of carbonyl (C=O) groups is 2. The molecule has 1 N–H and O–H groups in total. The van der Waals surface area contributed by atoms with Gasteiger partial charge in [-0.25, -0.2) is 9.37 Å². The van der Waals surface area contributed by atoms with Crippen LogP contribution in [0.2, 0.25) is 0 Å². The number of hydrogen-bond acceptors (Lipinski definition) is 4. The van der Waals surface area contributed by atoms with Crippen LogP contribution in [0.5, 0.6) is 0 Å². The molecule has 1 aliphatic rings. The van der Waals surface area contributed by atoms with Crippen molar-refractivity contribution in [2.24, 2.45) is 5.92 Å². The van der Waals surface area contributed by atoms with Gasteiger partial charge in [-0.05, 0) is 31.4 Å². The van der Waals surface area contributed by atoms with Gasteiger partial charge in [0.25, 0.3) is 11.8 Å². The van der Waals surface area contributed by atoms with Crippen molar-refractivity contribution in [3.05, 3.63) is 29.8 Å². The fraction of sp³-hybridized carbons (Fsp3) is 0.588. The molecule has 0 radical (unpaired) electrons. The van der Waals surface area contributed by atoms with Gasteiger partial charge in [0, 0.05) is 26.2 Å². The molecule has 27 heavy (non-hydrogen) atoms. The Balaban J connectivity index is 2.07. The molecule has 0 bridgehead atoms. The topological polar surface area (TPSA) is 73.7 Å². The lowest BCUT2D eigenvalue weighted by Crippen LogP contribution is -2.60. The van der Waals surface area contributed by atoms with Crippen molar-refractivity contribution in [3.63, 3.8) is 0 Å². The highest BCUT2D eigenvalue weighted by molar-refractivity contribution is 5.92. The Morgan fingerprint density at radius 1 is 1.33 bits per heavy atom. The highest BCUT2D eigenvalue weighted by Crippen LogP contribution is 2.33. The normalized spacial score (nSPS) is 22.9. The molecule has 0 spiro atoms. The number of aromatic nitrogens is 1. The lowest BCUT2D eigenvalue weighted by molar-refractivity contribution is -0.251. The van der Waals surface area contributed by atoms with Crippen molar-refractivity contribution in [1.82, 2.24) is 14.8 Å². The number of hydrogen-bond donors (Lipinski definition) is 1. The highest BCUT2D eigenvalue weighted by Gasteiger charge is 2.57. The molecule has 2 heterocycles. The molecule has 2 amide bonds. The largest absolute Gasteiger partial charge is 0.426 e. The average Bonchev–Trinajstić information content (AvgIpc) is 2.59. The van der Waals surface area contributed by atoms with Gasteiger partial charge in [-0.15, -0.1) is 0 Å². The molecular weight excluding hydrogens is 370 g/mol. The Morgan fingerprint density at radius 3 is 2.44 bits per heavy atom. The third kappa shape index (κ3) is 4.20. The summed E-state index contributed by atoms with van der Waals surface area (Å²) in [6.45, 7) is 2.06. The first-order valence-electron chi connectivity index (χ1n) is 8.33. The lowest BCUT2D eigenvalue weighted by atomic mass is 9.91. The summed E-state index contributed by atoms with van der Waals surface area (Å²) in [5, 5.41) is 9.57. The quantitative estimate of drug-likeness (QED) is 0.798. The molecule has 1 unspecified atom stereocenters. The Labute approximate surface area is 153 Å². The van der Waals surface area contributed by atoms with E-state index in [9.17, 15) is 32.3 Å². The molecule has 150 valence electrons. The SMILES string of the molecule is C[C@@H]1CN(C(=O)C(C)(O)C(F)(F)F)CC[C@@H]1N(C)C(=O)c1ccc(F)cn1. The van der Waals surface area contributed by atoms with Crippen LogP contribution in [0.4, 0.5) is 17.6 Å². The Bertz CT molecular complexity index is 706. The van der Waals surface area contributed by atoms with Crippen LogP contribution in [0.1, 0.15) is 30.8 Å². The molecule has 3 atom stereocenters. The summed E-state index contributed by atoms with van der Waals surface area (Å²) < 4.78 is 51.6. The van der Waals surface area contributed by atoms with E-state index in [1.165, 1.54) is 18.0 Å². The summed E-state index contributed by atoms with van der Waals surface area (Å²) in [6, 6.07) is 2.01. The Hall–Kier alpha value is -2.23. The highest BCUT2D eigenvalue weighted by atomic mass is 19.4. The zero-order chi connectivity index (χ0) is 20.6. The van der Waals surface area contributed by atoms with E-state index in [0.29, 0.717) is 6.92 Å². The molecule has 1 aliphatic heterocycles. The fourth-order valence-electron chi connectivity index (χ4n) is 3.16. The number of pyridine rings is 1. The van der Waals surface area contributed by atoms with E-state index in [1.807, 2.05) is 0 Å². The van der Waals surface area contributed by atoms with Crippen LogP contribution in [-0.2, 0) is 4.79 Å². The number of amides is 2. The number of halogens is 4. The second-order valence-electron chi connectivity index (χ2n) is 6.93. The summed E-state index contributed by atoms with van der Waals surface area (Å²) in [6.07, 6.45) is -3.92. The molecule has 1 aromatic heterocycles. The van der Waals surface area contributed by atoms with Gasteiger partial charge >= 0.3 is 6.18 Å². The summed E-state index contributed by atoms with van der Waals surface area (Å²) >= 11 is 0. The van der Waals surface area contributed by atoms with Crippen LogP contribution in [0.25, 0.3) is 0 Å². The van der Waals surface area contributed by atoms with Crippen LogP contribution in [-0.4, -0.2) is 69.7 Å². The predicted octanol–water partition coefficient (Wildman–Crippen LogP) is 1.84. The van der Waals surface area contributed by atoms with Gasteiger partial charge in [0.05, 0.1) is 6.20 Å². The van der Waals surface area contributed by atoms with E-state index in [2.05, 4.69) is 4.98 Å². The first kappa shape index (κ1) is 21.1. The van der Waals surface area contributed by atoms with Crippen molar-refractivity contribution in [2.45, 2.75) is 38.1 Å². The van der Waals surface area contributed by atoms with Crippen molar-refractivity contribution < 1.29 is 32.3 Å². The van der Waals surface area contributed by atoms with Crippen LogP contribution < -0.4 is 0 Å². The molecule has 6 nitrogen and oxygen atoms in total. The maximum Gasteiger partial charge on any atom is 0.426 e. The number of carbonyl (C=O) groups excluding carboxylic acids is 2. The molecule has 0 aromatic carbocycles. The number of rotatable bonds is 3. The van der Waals surface area contributed by atoms with E-state index < -0.39 is 29.4 Å². The van der Waals surface area contributed by atoms with Crippen LogP contribution in [0.15, 0.2) is 18.3 Å². The van der Waals surface area contributed by atoms with Crippen molar-refractivity contribution >= 4 is 11.8 Å².